The highest BCUT2D eigenvalue weighted by molar-refractivity contribution is 5.71. The maximum absolute atomic E-state index is 12.1. The molecule has 2 aromatic rings. The molecule has 1 saturated carbocycles. The molecule has 0 aliphatic heterocycles. The highest BCUT2D eigenvalue weighted by Gasteiger charge is 2.38. The molecule has 2 heterocycles. The SMILES string of the molecule is C=C1[C@H](CO)[C@@H](O)C[C@@H]1n1cnc2c(=O)n(C)c(N)nc21. The van der Waals surface area contributed by atoms with Crippen LogP contribution in [0, 0.1) is 5.92 Å². The van der Waals surface area contributed by atoms with E-state index in [0.717, 1.165) is 0 Å². The molecule has 21 heavy (non-hydrogen) atoms. The van der Waals surface area contributed by atoms with E-state index in [1.807, 2.05) is 0 Å². The van der Waals surface area contributed by atoms with Crippen LogP contribution < -0.4 is 11.3 Å². The number of hydrogen-bond donors (Lipinski definition) is 3. The van der Waals surface area contributed by atoms with E-state index in [2.05, 4.69) is 16.5 Å². The maximum Gasteiger partial charge on any atom is 0.282 e. The summed E-state index contributed by atoms with van der Waals surface area (Å²) < 4.78 is 2.92. The minimum Gasteiger partial charge on any atom is -0.396 e. The normalized spacial score (nSPS) is 25.9. The molecule has 112 valence electrons. The number of nitrogen functional groups attached to an aromatic ring is 1. The van der Waals surface area contributed by atoms with E-state index in [9.17, 15) is 15.0 Å². The van der Waals surface area contributed by atoms with Crippen molar-refractivity contribution in [1.82, 2.24) is 19.1 Å². The van der Waals surface area contributed by atoms with E-state index < -0.39 is 6.10 Å². The largest absolute Gasteiger partial charge is 0.396 e. The molecule has 0 amide bonds. The van der Waals surface area contributed by atoms with Crippen molar-refractivity contribution in [2.75, 3.05) is 12.3 Å². The lowest BCUT2D eigenvalue weighted by Crippen LogP contribution is -2.22. The van der Waals surface area contributed by atoms with E-state index in [0.29, 0.717) is 17.6 Å². The molecular weight excluding hydrogens is 274 g/mol. The van der Waals surface area contributed by atoms with Gasteiger partial charge < -0.3 is 20.5 Å². The third-order valence-corrected chi connectivity index (χ3v) is 4.20. The predicted octanol–water partition coefficient (Wildman–Crippen LogP) is -0.817. The summed E-state index contributed by atoms with van der Waals surface area (Å²) in [5.41, 5.74) is 6.70. The molecule has 4 N–H and O–H groups in total. The Morgan fingerprint density at radius 3 is 2.90 bits per heavy atom. The fraction of sp³-hybridized carbons (Fsp3) is 0.462. The van der Waals surface area contributed by atoms with Gasteiger partial charge in [0.05, 0.1) is 25.1 Å². The van der Waals surface area contributed by atoms with Crippen LogP contribution in [0.3, 0.4) is 0 Å². The van der Waals surface area contributed by atoms with E-state index >= 15 is 0 Å². The zero-order chi connectivity index (χ0) is 15.3. The van der Waals surface area contributed by atoms with Crippen molar-refractivity contribution in [2.45, 2.75) is 18.6 Å². The third kappa shape index (κ3) is 1.87. The molecule has 1 fully saturated rings. The first kappa shape index (κ1) is 13.8. The fourth-order valence-electron chi connectivity index (χ4n) is 2.86. The predicted molar refractivity (Wildman–Crippen MR) is 76.6 cm³/mol. The first-order valence-corrected chi connectivity index (χ1v) is 6.62. The van der Waals surface area contributed by atoms with E-state index in [1.165, 1.54) is 17.9 Å². The zero-order valence-corrected chi connectivity index (χ0v) is 11.6. The number of hydrogen-bond acceptors (Lipinski definition) is 6. The first-order chi connectivity index (χ1) is 9.95. The first-order valence-electron chi connectivity index (χ1n) is 6.62. The van der Waals surface area contributed by atoms with Crippen molar-refractivity contribution in [2.24, 2.45) is 13.0 Å². The molecule has 0 bridgehead atoms. The highest BCUT2D eigenvalue weighted by atomic mass is 16.3. The van der Waals surface area contributed by atoms with Gasteiger partial charge in [-0.15, -0.1) is 0 Å². The summed E-state index contributed by atoms with van der Waals surface area (Å²) in [7, 11) is 1.53. The number of aromatic nitrogens is 4. The molecule has 0 aromatic carbocycles. The minimum absolute atomic E-state index is 0.0946. The molecule has 1 aliphatic rings. The number of rotatable bonds is 2. The number of imidazole rings is 1. The minimum atomic E-state index is -0.672. The van der Waals surface area contributed by atoms with Crippen molar-refractivity contribution in [1.29, 1.82) is 0 Å². The van der Waals surface area contributed by atoms with Gasteiger partial charge in [-0.2, -0.15) is 4.98 Å². The summed E-state index contributed by atoms with van der Waals surface area (Å²) in [5, 5.41) is 19.3. The number of nitrogens with zero attached hydrogens (tertiary/aromatic N) is 4. The topological polar surface area (TPSA) is 119 Å². The molecule has 2 aromatic heterocycles. The number of fused-ring (bicyclic) bond motifs is 1. The van der Waals surface area contributed by atoms with E-state index in [1.54, 1.807) is 4.57 Å². The average Bonchev–Trinajstić information content (AvgIpc) is 2.97. The Morgan fingerprint density at radius 1 is 1.57 bits per heavy atom. The Balaban J connectivity index is 2.15. The Labute approximate surface area is 120 Å². The summed E-state index contributed by atoms with van der Waals surface area (Å²) in [6.45, 7) is 3.79. The molecule has 0 unspecified atom stereocenters. The van der Waals surface area contributed by atoms with Crippen LogP contribution in [0.5, 0.6) is 0 Å². The summed E-state index contributed by atoms with van der Waals surface area (Å²) in [6.07, 6.45) is 1.22. The van der Waals surface area contributed by atoms with Gasteiger partial charge in [0.25, 0.3) is 5.56 Å². The molecule has 0 spiro atoms. The van der Waals surface area contributed by atoms with E-state index in [-0.39, 0.29) is 35.6 Å². The van der Waals surface area contributed by atoms with Crippen molar-refractivity contribution < 1.29 is 10.2 Å². The molecule has 8 nitrogen and oxygen atoms in total. The molecule has 1 aliphatic carbocycles. The lowest BCUT2D eigenvalue weighted by atomic mass is 10.0. The van der Waals surface area contributed by atoms with Crippen molar-refractivity contribution in [3.05, 3.63) is 28.8 Å². The summed E-state index contributed by atoms with van der Waals surface area (Å²) in [5.74, 6) is -0.284. The second-order valence-electron chi connectivity index (χ2n) is 5.34. The Kier molecular flexibility index (Phi) is 3.07. The monoisotopic (exact) mass is 291 g/mol. The van der Waals surface area contributed by atoms with Crippen LogP contribution in [0.25, 0.3) is 11.2 Å². The fourth-order valence-corrected chi connectivity index (χ4v) is 2.86. The number of anilines is 1. The van der Waals surface area contributed by atoms with Gasteiger partial charge in [-0.1, -0.05) is 6.58 Å². The van der Waals surface area contributed by atoms with Crippen LogP contribution in [0.15, 0.2) is 23.3 Å². The van der Waals surface area contributed by atoms with Gasteiger partial charge in [-0.25, -0.2) is 4.98 Å². The number of aliphatic hydroxyl groups is 2. The average molecular weight is 291 g/mol. The Bertz CT molecular complexity index is 778. The van der Waals surface area contributed by atoms with Crippen LogP contribution in [0.2, 0.25) is 0 Å². The van der Waals surface area contributed by atoms with Gasteiger partial charge >= 0.3 is 0 Å². The molecule has 0 saturated heterocycles. The van der Waals surface area contributed by atoms with E-state index in [4.69, 9.17) is 5.73 Å². The van der Waals surface area contributed by atoms with Crippen LogP contribution in [0.4, 0.5) is 5.95 Å². The van der Waals surface area contributed by atoms with Gasteiger partial charge in [0, 0.05) is 13.0 Å². The Morgan fingerprint density at radius 2 is 2.29 bits per heavy atom. The number of aliphatic hydroxyl groups excluding tert-OH is 2. The quantitative estimate of drug-likeness (QED) is 0.622. The van der Waals surface area contributed by atoms with Gasteiger partial charge in [0.15, 0.2) is 11.2 Å². The summed E-state index contributed by atoms with van der Waals surface area (Å²) in [6, 6.07) is -0.263. The van der Waals surface area contributed by atoms with Crippen LogP contribution >= 0.6 is 0 Å². The van der Waals surface area contributed by atoms with Crippen LogP contribution in [0.1, 0.15) is 12.5 Å². The van der Waals surface area contributed by atoms with Crippen molar-refractivity contribution >= 4 is 17.1 Å². The molecule has 3 atom stereocenters. The summed E-state index contributed by atoms with van der Waals surface area (Å²) in [4.78, 5) is 20.4. The molecule has 0 radical (unpaired) electrons. The molecular formula is C13H17N5O3. The highest BCUT2D eigenvalue weighted by Crippen LogP contribution is 2.39. The van der Waals surface area contributed by atoms with Gasteiger partial charge in [-0.3, -0.25) is 9.36 Å². The van der Waals surface area contributed by atoms with Gasteiger partial charge in [0.2, 0.25) is 5.95 Å². The van der Waals surface area contributed by atoms with Crippen LogP contribution in [-0.4, -0.2) is 42.0 Å². The van der Waals surface area contributed by atoms with Gasteiger partial charge in [-0.05, 0) is 12.0 Å². The maximum atomic E-state index is 12.1. The lowest BCUT2D eigenvalue weighted by molar-refractivity contribution is 0.101. The van der Waals surface area contributed by atoms with Gasteiger partial charge in [0.1, 0.15) is 0 Å². The lowest BCUT2D eigenvalue weighted by Gasteiger charge is -2.15. The van der Waals surface area contributed by atoms with Crippen molar-refractivity contribution in [3.63, 3.8) is 0 Å². The number of nitrogens with two attached hydrogens (primary N) is 1. The summed E-state index contributed by atoms with van der Waals surface area (Å²) >= 11 is 0. The Hall–Kier alpha value is -2.19. The van der Waals surface area contributed by atoms with Crippen molar-refractivity contribution in [3.8, 4) is 0 Å². The zero-order valence-electron chi connectivity index (χ0n) is 11.6. The molecule has 3 rings (SSSR count). The standard InChI is InChI=1S/C13H17N5O3/c1-6-7(4-19)9(20)3-8(6)18-5-15-10-11(18)16-13(14)17(2)12(10)21/h5,7-9,19-20H,1,3-4H2,2H3,(H2,14,16)/t7-,8-,9-/m0/s1. The second kappa shape index (κ2) is 4.68. The third-order valence-electron chi connectivity index (χ3n) is 4.20. The smallest absolute Gasteiger partial charge is 0.282 e. The second-order valence-corrected chi connectivity index (χ2v) is 5.34. The molecule has 8 heteroatoms. The van der Waals surface area contributed by atoms with Crippen LogP contribution in [-0.2, 0) is 7.05 Å².